The normalized spacial score (nSPS) is 11.6. The molecule has 0 aliphatic carbocycles. The second-order valence-electron chi connectivity index (χ2n) is 5.59. The Labute approximate surface area is 174 Å². The number of alkyl halides is 3. The van der Waals surface area contributed by atoms with E-state index in [1.807, 2.05) is 31.5 Å². The van der Waals surface area contributed by atoms with Crippen molar-refractivity contribution in [3.05, 3.63) is 54.4 Å². The Balaban J connectivity index is 0.00000364. The van der Waals surface area contributed by atoms with Gasteiger partial charge in [0.2, 0.25) is 0 Å². The van der Waals surface area contributed by atoms with Gasteiger partial charge >= 0.3 is 6.18 Å². The number of nitrogens with one attached hydrogen (secondary N) is 2. The summed E-state index contributed by atoms with van der Waals surface area (Å²) in [6, 6.07) is 10.4. The van der Waals surface area contributed by atoms with E-state index in [-0.39, 0.29) is 29.7 Å². The third-order valence-corrected chi connectivity index (χ3v) is 3.42. The van der Waals surface area contributed by atoms with Crippen LogP contribution in [0.4, 0.5) is 13.2 Å². The first-order valence-electron chi connectivity index (χ1n) is 8.37. The average Bonchev–Trinajstić information content (AvgIpc) is 3.11. The highest BCUT2D eigenvalue weighted by Crippen LogP contribution is 2.19. The van der Waals surface area contributed by atoms with Crippen molar-refractivity contribution in [3.63, 3.8) is 0 Å². The zero-order valence-electron chi connectivity index (χ0n) is 15.0. The fourth-order valence-corrected chi connectivity index (χ4v) is 2.19. The minimum Gasteiger partial charge on any atom is -0.484 e. The van der Waals surface area contributed by atoms with Crippen LogP contribution in [-0.2, 0) is 13.1 Å². The molecule has 0 aliphatic heterocycles. The molecule has 1 aromatic carbocycles. The van der Waals surface area contributed by atoms with Gasteiger partial charge in [0.15, 0.2) is 12.6 Å². The second-order valence-corrected chi connectivity index (χ2v) is 5.59. The molecule has 0 fully saturated rings. The molecule has 0 unspecified atom stereocenters. The number of hydrogen-bond donors (Lipinski definition) is 2. The molecule has 0 amide bonds. The predicted molar refractivity (Wildman–Crippen MR) is 111 cm³/mol. The molecule has 0 radical (unpaired) electrons. The van der Waals surface area contributed by atoms with Crippen molar-refractivity contribution in [2.45, 2.75) is 26.2 Å². The molecule has 0 saturated carbocycles. The van der Waals surface area contributed by atoms with Crippen LogP contribution in [-0.4, -0.2) is 36.4 Å². The lowest BCUT2D eigenvalue weighted by Crippen LogP contribution is -2.38. The zero-order valence-corrected chi connectivity index (χ0v) is 17.3. The van der Waals surface area contributed by atoms with Crippen molar-refractivity contribution in [1.29, 1.82) is 0 Å². The van der Waals surface area contributed by atoms with Gasteiger partial charge in [-0.1, -0.05) is 12.1 Å². The summed E-state index contributed by atoms with van der Waals surface area (Å²) in [5.41, 5.74) is 0.881. The van der Waals surface area contributed by atoms with E-state index in [9.17, 15) is 13.2 Å². The minimum atomic E-state index is -4.34. The van der Waals surface area contributed by atoms with Crippen LogP contribution < -0.4 is 15.4 Å². The predicted octanol–water partition coefficient (Wildman–Crippen LogP) is 3.80. The van der Waals surface area contributed by atoms with Gasteiger partial charge in [0.05, 0.1) is 6.54 Å². The molecule has 0 bridgehead atoms. The number of aromatic nitrogens is 1. The summed E-state index contributed by atoms with van der Waals surface area (Å²) < 4.78 is 43.2. The molecule has 150 valence electrons. The van der Waals surface area contributed by atoms with Gasteiger partial charge in [0.25, 0.3) is 0 Å². The van der Waals surface area contributed by atoms with E-state index in [0.717, 1.165) is 25.2 Å². The van der Waals surface area contributed by atoms with E-state index in [0.29, 0.717) is 12.5 Å². The van der Waals surface area contributed by atoms with Crippen LogP contribution in [0.3, 0.4) is 0 Å². The molecular weight excluding hydrogens is 472 g/mol. The van der Waals surface area contributed by atoms with Crippen LogP contribution in [0, 0.1) is 0 Å². The highest BCUT2D eigenvalue weighted by atomic mass is 127. The maximum Gasteiger partial charge on any atom is 0.422 e. The van der Waals surface area contributed by atoms with E-state index >= 15 is 0 Å². The summed E-state index contributed by atoms with van der Waals surface area (Å²) >= 11 is 0. The van der Waals surface area contributed by atoms with Gasteiger partial charge in [-0.05, 0) is 36.8 Å². The van der Waals surface area contributed by atoms with Gasteiger partial charge in [-0.25, -0.2) is 4.99 Å². The summed E-state index contributed by atoms with van der Waals surface area (Å²) in [5, 5.41) is 6.41. The highest BCUT2D eigenvalue weighted by molar-refractivity contribution is 14.0. The third-order valence-electron chi connectivity index (χ3n) is 3.42. The summed E-state index contributed by atoms with van der Waals surface area (Å²) in [7, 11) is 0. The Morgan fingerprint density at radius 3 is 2.37 bits per heavy atom. The Morgan fingerprint density at radius 1 is 1.11 bits per heavy atom. The van der Waals surface area contributed by atoms with E-state index in [1.165, 1.54) is 12.1 Å². The Morgan fingerprint density at radius 2 is 1.78 bits per heavy atom. The summed E-state index contributed by atoms with van der Waals surface area (Å²) in [6.07, 6.45) is -0.349. The first-order valence-corrected chi connectivity index (χ1v) is 8.37. The minimum absolute atomic E-state index is 0. The largest absolute Gasteiger partial charge is 0.484 e. The van der Waals surface area contributed by atoms with Gasteiger partial charge < -0.3 is 19.9 Å². The maximum absolute atomic E-state index is 12.1. The first-order chi connectivity index (χ1) is 12.5. The van der Waals surface area contributed by atoms with Crippen molar-refractivity contribution in [2.75, 3.05) is 19.7 Å². The number of nitrogens with zero attached hydrogens (tertiary/aromatic N) is 2. The van der Waals surface area contributed by atoms with Crippen LogP contribution in [0.25, 0.3) is 0 Å². The van der Waals surface area contributed by atoms with E-state index < -0.39 is 12.8 Å². The molecule has 0 spiro atoms. The van der Waals surface area contributed by atoms with Crippen molar-refractivity contribution < 1.29 is 17.9 Å². The average molecular weight is 496 g/mol. The second kappa shape index (κ2) is 11.7. The molecule has 5 nitrogen and oxygen atoms in total. The maximum atomic E-state index is 12.1. The Hall–Kier alpha value is -1.91. The Kier molecular flexibility index (Phi) is 10.0. The number of rotatable bonds is 8. The monoisotopic (exact) mass is 496 g/mol. The van der Waals surface area contributed by atoms with Gasteiger partial charge in [-0.3, -0.25) is 0 Å². The zero-order chi connectivity index (χ0) is 18.8. The van der Waals surface area contributed by atoms with Crippen molar-refractivity contribution in [3.8, 4) is 5.75 Å². The Bertz CT molecular complexity index is 673. The molecule has 9 heteroatoms. The van der Waals surface area contributed by atoms with Crippen LogP contribution in [0.15, 0.2) is 53.8 Å². The van der Waals surface area contributed by atoms with E-state index in [2.05, 4.69) is 20.2 Å². The highest BCUT2D eigenvalue weighted by Gasteiger charge is 2.28. The lowest BCUT2D eigenvalue weighted by Gasteiger charge is -2.12. The van der Waals surface area contributed by atoms with Crippen LogP contribution in [0.2, 0.25) is 0 Å². The molecule has 2 rings (SSSR count). The third kappa shape index (κ3) is 9.55. The number of hydrogen-bond acceptors (Lipinski definition) is 2. The van der Waals surface area contributed by atoms with Crippen molar-refractivity contribution >= 4 is 29.9 Å². The van der Waals surface area contributed by atoms with Gasteiger partial charge in [0, 0.05) is 32.0 Å². The summed E-state index contributed by atoms with van der Waals surface area (Å²) in [4.78, 5) is 4.48. The topological polar surface area (TPSA) is 50.6 Å². The lowest BCUT2D eigenvalue weighted by atomic mass is 10.2. The molecule has 2 aromatic rings. The van der Waals surface area contributed by atoms with Crippen LogP contribution >= 0.6 is 24.0 Å². The molecule has 1 aromatic heterocycles. The van der Waals surface area contributed by atoms with Gasteiger partial charge in [-0.15, -0.1) is 24.0 Å². The summed E-state index contributed by atoms with van der Waals surface area (Å²) in [5.74, 6) is 0.879. The lowest BCUT2D eigenvalue weighted by molar-refractivity contribution is -0.153. The number of aliphatic imine (C=N–C) groups is 1. The standard InChI is InChI=1S/C18H23F3N4O.HI/c1-2-22-17(23-9-12-25-10-3-4-11-25)24-13-15-5-7-16(8-6-15)26-14-18(19,20)21;/h3-8,10-11H,2,9,12-14H2,1H3,(H2,22,23,24);1H. The van der Waals surface area contributed by atoms with Crippen molar-refractivity contribution in [1.82, 2.24) is 15.2 Å². The molecule has 0 atom stereocenters. The van der Waals surface area contributed by atoms with Gasteiger partial charge in [0.1, 0.15) is 5.75 Å². The number of guanidine groups is 1. The van der Waals surface area contributed by atoms with Crippen molar-refractivity contribution in [2.24, 2.45) is 4.99 Å². The molecule has 0 aliphatic rings. The van der Waals surface area contributed by atoms with E-state index in [4.69, 9.17) is 4.74 Å². The molecule has 27 heavy (non-hydrogen) atoms. The van der Waals surface area contributed by atoms with Crippen LogP contribution in [0.5, 0.6) is 5.75 Å². The molecular formula is C18H24F3IN4O. The quantitative estimate of drug-likeness (QED) is 0.332. The first kappa shape index (κ1) is 23.1. The number of halogens is 4. The van der Waals surface area contributed by atoms with E-state index in [1.54, 1.807) is 12.1 Å². The summed E-state index contributed by atoms with van der Waals surface area (Å²) in [6.45, 7) is 3.39. The molecule has 2 N–H and O–H groups in total. The SMILES string of the molecule is CCNC(=NCc1ccc(OCC(F)(F)F)cc1)NCCn1cccc1.I. The van der Waals surface area contributed by atoms with Crippen LogP contribution in [0.1, 0.15) is 12.5 Å². The number of ether oxygens (including phenoxy) is 1. The fraction of sp³-hybridized carbons (Fsp3) is 0.389. The van der Waals surface area contributed by atoms with Gasteiger partial charge in [-0.2, -0.15) is 13.2 Å². The molecule has 1 heterocycles. The number of benzene rings is 1. The molecule has 0 saturated heterocycles. The fourth-order valence-electron chi connectivity index (χ4n) is 2.19. The smallest absolute Gasteiger partial charge is 0.422 e.